The number of nitrogens with zero attached hydrogens (tertiary/aromatic N) is 1. The summed E-state index contributed by atoms with van der Waals surface area (Å²) in [5.41, 5.74) is 2.76. The molecule has 0 aliphatic rings. The second-order valence-electron chi connectivity index (χ2n) is 4.79. The van der Waals surface area contributed by atoms with Gasteiger partial charge in [0.15, 0.2) is 0 Å². The Labute approximate surface area is 138 Å². The van der Waals surface area contributed by atoms with Gasteiger partial charge in [-0.25, -0.2) is 4.79 Å². The van der Waals surface area contributed by atoms with Crippen molar-refractivity contribution in [3.8, 4) is 16.5 Å². The summed E-state index contributed by atoms with van der Waals surface area (Å²) < 4.78 is 0. The maximum atomic E-state index is 11.6. The number of benzene rings is 1. The Morgan fingerprint density at radius 1 is 1.26 bits per heavy atom. The number of hydrogen-bond acceptors (Lipinski definition) is 5. The zero-order chi connectivity index (χ0) is 16.8. The summed E-state index contributed by atoms with van der Waals surface area (Å²) in [7, 11) is 1.44. The van der Waals surface area contributed by atoms with E-state index < -0.39 is 11.9 Å². The largest absolute Gasteiger partial charge is 0.376 e. The minimum atomic E-state index is -0.537. The molecule has 23 heavy (non-hydrogen) atoms. The fourth-order valence-corrected chi connectivity index (χ4v) is 2.73. The van der Waals surface area contributed by atoms with E-state index in [1.807, 2.05) is 31.2 Å². The van der Waals surface area contributed by atoms with Gasteiger partial charge in [0.05, 0.1) is 6.54 Å². The van der Waals surface area contributed by atoms with Crippen LogP contribution in [0.4, 0.5) is 10.5 Å². The number of thiophene rings is 1. The maximum absolute atomic E-state index is 11.6. The van der Waals surface area contributed by atoms with Crippen LogP contribution in [-0.2, 0) is 4.79 Å². The van der Waals surface area contributed by atoms with Crippen molar-refractivity contribution in [2.45, 2.75) is 6.92 Å². The number of amides is 3. The third-order valence-corrected chi connectivity index (χ3v) is 4.20. The number of urea groups is 1. The molecule has 0 spiro atoms. The molecule has 7 heteroatoms. The summed E-state index contributed by atoms with van der Waals surface area (Å²) in [5, 5.41) is 16.4. The highest BCUT2D eigenvalue weighted by Gasteiger charge is 2.08. The van der Waals surface area contributed by atoms with E-state index >= 15 is 0 Å². The fourth-order valence-electron chi connectivity index (χ4n) is 1.93. The van der Waals surface area contributed by atoms with Crippen LogP contribution in [0.25, 0.3) is 10.4 Å². The number of carbonyl (C=O) groups is 2. The van der Waals surface area contributed by atoms with Gasteiger partial charge in [0.1, 0.15) is 10.9 Å². The first-order valence-electron chi connectivity index (χ1n) is 6.90. The van der Waals surface area contributed by atoms with E-state index in [0.29, 0.717) is 4.88 Å². The van der Waals surface area contributed by atoms with Crippen LogP contribution in [0.5, 0.6) is 0 Å². The zero-order valence-electron chi connectivity index (χ0n) is 12.8. The number of aryl methyl sites for hydroxylation is 1. The second-order valence-corrected chi connectivity index (χ2v) is 5.87. The van der Waals surface area contributed by atoms with Crippen LogP contribution in [-0.4, -0.2) is 25.5 Å². The predicted octanol–water partition coefficient (Wildman–Crippen LogP) is 2.46. The standard InChI is InChI=1S/C16H16N4O2S/c1-10-3-4-11(14-6-5-12(8-17)23-14)7-13(10)19-9-15(21)20-16(22)18-2/h3-7,19H,9H2,1-2H3,(H2,18,20,21,22). The van der Waals surface area contributed by atoms with Gasteiger partial charge >= 0.3 is 6.03 Å². The van der Waals surface area contributed by atoms with Crippen LogP contribution in [0.3, 0.4) is 0 Å². The topological polar surface area (TPSA) is 94.0 Å². The highest BCUT2D eigenvalue weighted by Crippen LogP contribution is 2.30. The van der Waals surface area contributed by atoms with Gasteiger partial charge in [-0.3, -0.25) is 10.1 Å². The number of hydrogen-bond donors (Lipinski definition) is 3. The number of anilines is 1. The molecule has 2 aromatic rings. The van der Waals surface area contributed by atoms with E-state index in [2.05, 4.69) is 22.0 Å². The van der Waals surface area contributed by atoms with Crippen molar-refractivity contribution in [3.63, 3.8) is 0 Å². The highest BCUT2D eigenvalue weighted by molar-refractivity contribution is 7.16. The average Bonchev–Trinajstić information content (AvgIpc) is 3.03. The van der Waals surface area contributed by atoms with Crippen molar-refractivity contribution < 1.29 is 9.59 Å². The molecule has 0 aliphatic carbocycles. The van der Waals surface area contributed by atoms with Gasteiger partial charge in [-0.1, -0.05) is 12.1 Å². The second kappa shape index (κ2) is 7.42. The Morgan fingerprint density at radius 3 is 2.70 bits per heavy atom. The van der Waals surface area contributed by atoms with Gasteiger partial charge in [-0.2, -0.15) is 5.26 Å². The normalized spacial score (nSPS) is 9.78. The molecule has 0 aliphatic heterocycles. The molecule has 0 fully saturated rings. The molecule has 0 saturated carbocycles. The smallest absolute Gasteiger partial charge is 0.321 e. The van der Waals surface area contributed by atoms with Gasteiger partial charge in [-0.15, -0.1) is 11.3 Å². The van der Waals surface area contributed by atoms with E-state index in [1.165, 1.54) is 18.4 Å². The van der Waals surface area contributed by atoms with E-state index in [-0.39, 0.29) is 6.54 Å². The van der Waals surface area contributed by atoms with Gasteiger partial charge in [0.25, 0.3) is 0 Å². The molecule has 1 heterocycles. The molecule has 0 bridgehead atoms. The first-order chi connectivity index (χ1) is 11.0. The van der Waals surface area contributed by atoms with Crippen LogP contribution < -0.4 is 16.0 Å². The lowest BCUT2D eigenvalue weighted by molar-refractivity contribution is -0.118. The monoisotopic (exact) mass is 328 g/mol. The summed E-state index contributed by atoms with van der Waals surface area (Å²) >= 11 is 1.42. The number of nitriles is 1. The van der Waals surface area contributed by atoms with Gasteiger partial charge in [-0.05, 0) is 36.2 Å². The summed E-state index contributed by atoms with van der Waals surface area (Å²) in [6.07, 6.45) is 0. The Kier molecular flexibility index (Phi) is 5.33. The molecule has 6 nitrogen and oxygen atoms in total. The number of rotatable bonds is 4. The lowest BCUT2D eigenvalue weighted by Crippen LogP contribution is -2.40. The molecule has 0 atom stereocenters. The Bertz CT molecular complexity index is 777. The quantitative estimate of drug-likeness (QED) is 0.803. The summed E-state index contributed by atoms with van der Waals surface area (Å²) in [6, 6.07) is 11.1. The lowest BCUT2D eigenvalue weighted by atomic mass is 10.1. The minimum absolute atomic E-state index is 0.00833. The number of imide groups is 1. The van der Waals surface area contributed by atoms with Crippen molar-refractivity contribution in [2.24, 2.45) is 0 Å². The fraction of sp³-hybridized carbons (Fsp3) is 0.188. The lowest BCUT2D eigenvalue weighted by Gasteiger charge is -2.11. The van der Waals surface area contributed by atoms with E-state index in [4.69, 9.17) is 5.26 Å². The van der Waals surface area contributed by atoms with Crippen LogP contribution in [0.1, 0.15) is 10.4 Å². The Morgan fingerprint density at radius 2 is 2.04 bits per heavy atom. The van der Waals surface area contributed by atoms with Gasteiger partial charge in [0, 0.05) is 17.6 Å². The van der Waals surface area contributed by atoms with Crippen molar-refractivity contribution in [1.29, 1.82) is 5.26 Å². The molecule has 3 N–H and O–H groups in total. The maximum Gasteiger partial charge on any atom is 0.321 e. The highest BCUT2D eigenvalue weighted by atomic mass is 32.1. The summed E-state index contributed by atoms with van der Waals surface area (Å²) in [6.45, 7) is 1.92. The van der Waals surface area contributed by atoms with Gasteiger partial charge < -0.3 is 10.6 Å². The van der Waals surface area contributed by atoms with Crippen LogP contribution in [0.2, 0.25) is 0 Å². The molecule has 0 saturated heterocycles. The molecule has 0 radical (unpaired) electrons. The van der Waals surface area contributed by atoms with E-state index in [1.54, 1.807) is 6.07 Å². The molecule has 1 aromatic carbocycles. The third-order valence-electron chi connectivity index (χ3n) is 3.16. The summed E-state index contributed by atoms with van der Waals surface area (Å²) in [4.78, 5) is 24.3. The number of carbonyl (C=O) groups excluding carboxylic acids is 2. The SMILES string of the molecule is CNC(=O)NC(=O)CNc1cc(-c2ccc(C#N)s2)ccc1C. The van der Waals surface area contributed by atoms with Crippen molar-refractivity contribution in [1.82, 2.24) is 10.6 Å². The Balaban J connectivity index is 2.10. The molecule has 3 amide bonds. The van der Waals surface area contributed by atoms with Crippen molar-refractivity contribution in [3.05, 3.63) is 40.8 Å². The Hall–Kier alpha value is -2.85. The molecule has 0 unspecified atom stereocenters. The van der Waals surface area contributed by atoms with E-state index in [9.17, 15) is 9.59 Å². The van der Waals surface area contributed by atoms with Crippen molar-refractivity contribution >= 4 is 29.0 Å². The predicted molar refractivity (Wildman–Crippen MR) is 90.3 cm³/mol. The molecular formula is C16H16N4O2S. The first kappa shape index (κ1) is 16.5. The first-order valence-corrected chi connectivity index (χ1v) is 7.71. The van der Waals surface area contributed by atoms with E-state index in [0.717, 1.165) is 21.7 Å². The molecule has 118 valence electrons. The van der Waals surface area contributed by atoms with Gasteiger partial charge in [0.2, 0.25) is 5.91 Å². The van der Waals surface area contributed by atoms with Crippen LogP contribution in [0, 0.1) is 18.3 Å². The average molecular weight is 328 g/mol. The molecule has 2 rings (SSSR count). The number of nitrogens with one attached hydrogen (secondary N) is 3. The van der Waals surface area contributed by atoms with Crippen LogP contribution >= 0.6 is 11.3 Å². The van der Waals surface area contributed by atoms with Crippen molar-refractivity contribution in [2.75, 3.05) is 18.9 Å². The van der Waals surface area contributed by atoms with Crippen LogP contribution in [0.15, 0.2) is 30.3 Å². The molecular weight excluding hydrogens is 312 g/mol. The summed E-state index contributed by atoms with van der Waals surface area (Å²) in [5.74, 6) is -0.419. The molecule has 1 aromatic heterocycles. The third kappa shape index (κ3) is 4.31. The zero-order valence-corrected chi connectivity index (χ0v) is 13.6. The minimum Gasteiger partial charge on any atom is -0.376 e.